The standard InChI is InChI=1S/C28H28N2O6S/c1-4-35-27(34)22-18-12-28(2,3)36-13-19(18)37-24(22)29-23(31)14-7-9-17(10-8-14)30-25(32)20-15-5-6-16(11-15)21(20)26(30)33/h5-10,15-16,20-21H,4,11-13H2,1-3H3,(H,29,31)/t15-,16+,20+,21-. The number of allylic oxidation sites excluding steroid dienone is 2. The number of imide groups is 1. The van der Waals surface area contributed by atoms with Gasteiger partial charge in [0.2, 0.25) is 11.8 Å². The Bertz CT molecular complexity index is 1330. The van der Waals surface area contributed by atoms with Gasteiger partial charge in [-0.05, 0) is 68.9 Å². The maximum Gasteiger partial charge on any atom is 0.341 e. The van der Waals surface area contributed by atoms with Crippen LogP contribution >= 0.6 is 11.3 Å². The maximum atomic E-state index is 13.2. The predicted octanol–water partition coefficient (Wildman–Crippen LogP) is 4.34. The smallest absolute Gasteiger partial charge is 0.341 e. The number of carbonyl (C=O) groups excluding carboxylic acids is 4. The van der Waals surface area contributed by atoms with E-state index in [2.05, 4.69) is 17.5 Å². The number of thiophene rings is 1. The van der Waals surface area contributed by atoms with Crippen LogP contribution in [0.15, 0.2) is 36.4 Å². The Labute approximate surface area is 218 Å². The van der Waals surface area contributed by atoms with Gasteiger partial charge in [-0.3, -0.25) is 19.3 Å². The van der Waals surface area contributed by atoms with Gasteiger partial charge in [-0.15, -0.1) is 11.3 Å². The van der Waals surface area contributed by atoms with Crippen LogP contribution < -0.4 is 10.2 Å². The molecule has 1 saturated carbocycles. The number of rotatable bonds is 5. The number of esters is 1. The van der Waals surface area contributed by atoms with Crippen LogP contribution in [0, 0.1) is 23.7 Å². The molecule has 1 saturated heterocycles. The van der Waals surface area contributed by atoms with E-state index in [1.54, 1.807) is 31.2 Å². The van der Waals surface area contributed by atoms with E-state index in [1.165, 1.54) is 16.2 Å². The quantitative estimate of drug-likeness (QED) is 0.358. The number of hydrogen-bond acceptors (Lipinski definition) is 7. The van der Waals surface area contributed by atoms with Crippen LogP contribution in [0.4, 0.5) is 10.7 Å². The minimum Gasteiger partial charge on any atom is -0.462 e. The molecule has 0 spiro atoms. The second kappa shape index (κ2) is 8.63. The highest BCUT2D eigenvalue weighted by Crippen LogP contribution is 2.53. The van der Waals surface area contributed by atoms with Crippen molar-refractivity contribution < 1.29 is 28.7 Å². The average molecular weight is 521 g/mol. The van der Waals surface area contributed by atoms with E-state index in [9.17, 15) is 19.2 Å². The van der Waals surface area contributed by atoms with Crippen LogP contribution in [0.25, 0.3) is 0 Å². The van der Waals surface area contributed by atoms with Gasteiger partial charge in [-0.2, -0.15) is 0 Å². The van der Waals surface area contributed by atoms with Gasteiger partial charge in [0, 0.05) is 16.9 Å². The van der Waals surface area contributed by atoms with E-state index in [4.69, 9.17) is 9.47 Å². The van der Waals surface area contributed by atoms with Crippen LogP contribution in [-0.2, 0) is 32.1 Å². The molecule has 1 N–H and O–H groups in total. The highest BCUT2D eigenvalue weighted by atomic mass is 32.1. The molecule has 4 aliphatic rings. The molecule has 0 unspecified atom stereocenters. The molecule has 2 aliphatic heterocycles. The van der Waals surface area contributed by atoms with Gasteiger partial charge in [0.05, 0.1) is 41.9 Å². The second-order valence-electron chi connectivity index (χ2n) is 10.7. The first-order valence-electron chi connectivity index (χ1n) is 12.6. The Morgan fingerprint density at radius 2 is 1.76 bits per heavy atom. The minimum atomic E-state index is -0.469. The Balaban J connectivity index is 1.23. The van der Waals surface area contributed by atoms with Crippen molar-refractivity contribution in [2.75, 3.05) is 16.8 Å². The molecule has 37 heavy (non-hydrogen) atoms. The van der Waals surface area contributed by atoms with Crippen molar-refractivity contribution in [3.8, 4) is 0 Å². The molecule has 9 heteroatoms. The summed E-state index contributed by atoms with van der Waals surface area (Å²) in [4.78, 5) is 54.3. The van der Waals surface area contributed by atoms with Crippen molar-refractivity contribution in [3.63, 3.8) is 0 Å². The molecule has 0 radical (unpaired) electrons. The van der Waals surface area contributed by atoms with E-state index in [0.29, 0.717) is 34.8 Å². The van der Waals surface area contributed by atoms with E-state index >= 15 is 0 Å². The number of fused-ring (bicyclic) bond motifs is 6. The zero-order chi connectivity index (χ0) is 26.1. The van der Waals surface area contributed by atoms with Crippen molar-refractivity contribution >= 4 is 45.7 Å². The molecule has 3 heterocycles. The van der Waals surface area contributed by atoms with Gasteiger partial charge in [0.15, 0.2) is 0 Å². The number of ether oxygens (including phenoxy) is 2. The average Bonchev–Trinajstić information content (AvgIpc) is 3.61. The zero-order valence-corrected chi connectivity index (χ0v) is 21.7. The fraction of sp³-hybridized carbons (Fsp3) is 0.429. The lowest BCUT2D eigenvalue weighted by molar-refractivity contribution is -0.123. The highest BCUT2D eigenvalue weighted by molar-refractivity contribution is 7.17. The molecule has 3 amide bonds. The lowest BCUT2D eigenvalue weighted by Gasteiger charge is -2.30. The fourth-order valence-electron chi connectivity index (χ4n) is 6.15. The lowest BCUT2D eigenvalue weighted by atomic mass is 9.85. The summed E-state index contributed by atoms with van der Waals surface area (Å²) in [6.45, 7) is 6.26. The van der Waals surface area contributed by atoms with Crippen molar-refractivity contribution in [2.45, 2.75) is 45.8 Å². The number of carbonyl (C=O) groups is 4. The number of nitrogens with zero attached hydrogens (tertiary/aromatic N) is 1. The molecule has 1 aromatic heterocycles. The third kappa shape index (κ3) is 3.83. The van der Waals surface area contributed by atoms with Crippen LogP contribution in [0.2, 0.25) is 0 Å². The summed E-state index contributed by atoms with van der Waals surface area (Å²) in [5, 5.41) is 3.31. The summed E-state index contributed by atoms with van der Waals surface area (Å²) in [6.07, 6.45) is 5.54. The van der Waals surface area contributed by atoms with E-state index in [-0.39, 0.29) is 42.1 Å². The van der Waals surface area contributed by atoms with Crippen molar-refractivity contribution in [2.24, 2.45) is 23.7 Å². The normalized spacial score (nSPS) is 26.8. The van der Waals surface area contributed by atoms with Gasteiger partial charge in [-0.25, -0.2) is 4.79 Å². The molecule has 4 atom stereocenters. The Kier molecular flexibility index (Phi) is 5.61. The maximum absolute atomic E-state index is 13.2. The first kappa shape index (κ1) is 24.1. The lowest BCUT2D eigenvalue weighted by Crippen LogP contribution is -2.32. The second-order valence-corrected chi connectivity index (χ2v) is 11.8. The number of amides is 3. The summed E-state index contributed by atoms with van der Waals surface area (Å²) >= 11 is 1.32. The number of anilines is 2. The fourth-order valence-corrected chi connectivity index (χ4v) is 7.27. The van der Waals surface area contributed by atoms with Gasteiger partial charge in [0.25, 0.3) is 5.91 Å². The SMILES string of the molecule is CCOC(=O)c1c(NC(=O)c2ccc(N3C(=O)[C@@H]4[C@H](C3=O)[C@H]3C=C[C@@H]4C3)cc2)sc2c1CC(C)(C)OC2. The van der Waals surface area contributed by atoms with E-state index in [1.807, 2.05) is 13.8 Å². The number of hydrogen-bond donors (Lipinski definition) is 1. The molecule has 2 aromatic rings. The van der Waals surface area contributed by atoms with Crippen LogP contribution in [0.1, 0.15) is 58.3 Å². The van der Waals surface area contributed by atoms with Gasteiger partial charge >= 0.3 is 5.97 Å². The van der Waals surface area contributed by atoms with Crippen molar-refractivity contribution in [1.29, 1.82) is 0 Å². The summed E-state index contributed by atoms with van der Waals surface area (Å²) in [5.41, 5.74) is 1.63. The highest BCUT2D eigenvalue weighted by Gasteiger charge is 2.59. The van der Waals surface area contributed by atoms with Gasteiger partial charge in [0.1, 0.15) is 5.00 Å². The molecule has 1 aromatic carbocycles. The zero-order valence-electron chi connectivity index (χ0n) is 20.9. The molecule has 2 aliphatic carbocycles. The molecule has 8 nitrogen and oxygen atoms in total. The third-order valence-electron chi connectivity index (χ3n) is 7.85. The molecular formula is C28H28N2O6S. The number of benzene rings is 1. The Morgan fingerprint density at radius 1 is 1.11 bits per heavy atom. The molecule has 2 bridgehead atoms. The van der Waals surface area contributed by atoms with Crippen LogP contribution in [0.5, 0.6) is 0 Å². The summed E-state index contributed by atoms with van der Waals surface area (Å²) in [6, 6.07) is 6.44. The minimum absolute atomic E-state index is 0.141. The van der Waals surface area contributed by atoms with Crippen LogP contribution in [-0.4, -0.2) is 35.9 Å². The van der Waals surface area contributed by atoms with Crippen molar-refractivity contribution in [1.82, 2.24) is 0 Å². The Hall–Kier alpha value is -3.30. The topological polar surface area (TPSA) is 102 Å². The molecule has 6 rings (SSSR count). The van der Waals surface area contributed by atoms with Gasteiger partial charge in [-0.1, -0.05) is 12.2 Å². The summed E-state index contributed by atoms with van der Waals surface area (Å²) in [7, 11) is 0. The third-order valence-corrected chi connectivity index (χ3v) is 8.97. The first-order chi connectivity index (χ1) is 17.7. The van der Waals surface area contributed by atoms with Gasteiger partial charge < -0.3 is 14.8 Å². The Morgan fingerprint density at radius 3 is 2.38 bits per heavy atom. The molecule has 2 fully saturated rings. The number of nitrogens with one attached hydrogen (secondary N) is 1. The van der Waals surface area contributed by atoms with E-state index in [0.717, 1.165) is 16.9 Å². The monoisotopic (exact) mass is 520 g/mol. The largest absolute Gasteiger partial charge is 0.462 e. The first-order valence-corrected chi connectivity index (χ1v) is 13.4. The summed E-state index contributed by atoms with van der Waals surface area (Å²) in [5.74, 6) is -1.44. The molecular weight excluding hydrogens is 492 g/mol. The predicted molar refractivity (Wildman–Crippen MR) is 137 cm³/mol. The van der Waals surface area contributed by atoms with Crippen LogP contribution in [0.3, 0.4) is 0 Å². The van der Waals surface area contributed by atoms with Crippen molar-refractivity contribution in [3.05, 3.63) is 58.0 Å². The summed E-state index contributed by atoms with van der Waals surface area (Å²) < 4.78 is 11.2. The molecule has 192 valence electrons. The van der Waals surface area contributed by atoms with E-state index < -0.39 is 17.5 Å².